The Bertz CT molecular complexity index is 307. The lowest BCUT2D eigenvalue weighted by molar-refractivity contribution is 0.0353. The summed E-state index contributed by atoms with van der Waals surface area (Å²) >= 11 is 1.61. The van der Waals surface area contributed by atoms with Crippen LogP contribution in [0.25, 0.3) is 0 Å². The van der Waals surface area contributed by atoms with E-state index in [9.17, 15) is 0 Å². The van der Waals surface area contributed by atoms with Crippen LogP contribution >= 0.6 is 11.3 Å². The van der Waals surface area contributed by atoms with Crippen molar-refractivity contribution in [2.24, 2.45) is 5.92 Å². The maximum Gasteiger partial charge on any atom is 0.134 e. The molecule has 0 amide bonds. The first-order valence-electron chi connectivity index (χ1n) is 5.55. The van der Waals surface area contributed by atoms with E-state index in [1.54, 1.807) is 18.4 Å². The highest BCUT2D eigenvalue weighted by atomic mass is 32.1. The molecule has 1 atom stereocenters. The van der Waals surface area contributed by atoms with Gasteiger partial charge in [0.25, 0.3) is 0 Å². The van der Waals surface area contributed by atoms with Gasteiger partial charge >= 0.3 is 0 Å². The lowest BCUT2D eigenvalue weighted by Gasteiger charge is -2.27. The molecule has 3 nitrogen and oxygen atoms in total. The molecule has 1 fully saturated rings. The summed E-state index contributed by atoms with van der Waals surface area (Å²) in [5.74, 6) is 1.25. The molecule has 1 aromatic heterocycles. The van der Waals surface area contributed by atoms with Gasteiger partial charge in [0, 0.05) is 12.5 Å². The highest BCUT2D eigenvalue weighted by Crippen LogP contribution is 2.37. The van der Waals surface area contributed by atoms with Crippen molar-refractivity contribution >= 4 is 17.2 Å². The Labute approximate surface area is 94.7 Å². The number of anilines is 1. The van der Waals surface area contributed by atoms with Gasteiger partial charge in [-0.05, 0) is 18.8 Å². The van der Waals surface area contributed by atoms with E-state index in [-0.39, 0.29) is 6.10 Å². The maximum atomic E-state index is 5.64. The van der Waals surface area contributed by atoms with Crippen molar-refractivity contribution < 1.29 is 4.74 Å². The fourth-order valence-corrected chi connectivity index (χ4v) is 3.24. The Morgan fingerprint density at radius 2 is 2.20 bits per heavy atom. The van der Waals surface area contributed by atoms with Crippen LogP contribution in [0.2, 0.25) is 0 Å². The van der Waals surface area contributed by atoms with Gasteiger partial charge in [-0.2, -0.15) is 0 Å². The van der Waals surface area contributed by atoms with Crippen molar-refractivity contribution in [2.45, 2.75) is 38.2 Å². The molecule has 84 valence electrons. The molecule has 0 aliphatic heterocycles. The van der Waals surface area contributed by atoms with Crippen LogP contribution in [0.15, 0.2) is 5.38 Å². The van der Waals surface area contributed by atoms with Crippen LogP contribution in [0, 0.1) is 5.92 Å². The smallest absolute Gasteiger partial charge is 0.134 e. The second-order valence-electron chi connectivity index (χ2n) is 4.17. The second-order valence-corrected chi connectivity index (χ2v) is 5.05. The highest BCUT2D eigenvalue weighted by Gasteiger charge is 2.26. The first kappa shape index (κ1) is 10.9. The van der Waals surface area contributed by atoms with E-state index in [4.69, 9.17) is 10.5 Å². The zero-order chi connectivity index (χ0) is 10.7. The molecule has 1 aliphatic rings. The first-order valence-corrected chi connectivity index (χ1v) is 6.43. The van der Waals surface area contributed by atoms with E-state index in [1.165, 1.54) is 32.1 Å². The summed E-state index contributed by atoms with van der Waals surface area (Å²) in [4.78, 5) is 4.33. The molecule has 15 heavy (non-hydrogen) atoms. The average molecular weight is 226 g/mol. The minimum absolute atomic E-state index is 0.160. The largest absolute Gasteiger partial charge is 0.383 e. The van der Waals surface area contributed by atoms with Crippen molar-refractivity contribution in [1.82, 2.24) is 4.98 Å². The molecule has 0 saturated heterocycles. The van der Waals surface area contributed by atoms with Gasteiger partial charge in [-0.15, -0.1) is 11.3 Å². The van der Waals surface area contributed by atoms with Gasteiger partial charge in [-0.25, -0.2) is 4.98 Å². The highest BCUT2D eigenvalue weighted by molar-refractivity contribution is 7.10. The van der Waals surface area contributed by atoms with Gasteiger partial charge in [0.15, 0.2) is 0 Å². The van der Waals surface area contributed by atoms with Crippen LogP contribution in [0.3, 0.4) is 0 Å². The predicted molar refractivity (Wildman–Crippen MR) is 62.9 cm³/mol. The van der Waals surface area contributed by atoms with E-state index in [1.807, 2.05) is 5.38 Å². The fourth-order valence-electron chi connectivity index (χ4n) is 2.36. The number of nitrogen functional groups attached to an aromatic ring is 1. The van der Waals surface area contributed by atoms with Gasteiger partial charge < -0.3 is 10.5 Å². The molecule has 1 aliphatic carbocycles. The molecular weight excluding hydrogens is 208 g/mol. The Kier molecular flexibility index (Phi) is 3.59. The lowest BCUT2D eigenvalue weighted by atomic mass is 9.85. The van der Waals surface area contributed by atoms with Gasteiger partial charge in [0.05, 0.1) is 0 Å². The molecule has 2 rings (SSSR count). The zero-order valence-electron chi connectivity index (χ0n) is 9.11. The molecule has 1 aromatic rings. The molecule has 4 heteroatoms. The number of hydrogen-bond acceptors (Lipinski definition) is 4. The number of nitrogens with zero attached hydrogens (tertiary/aromatic N) is 1. The SMILES string of the molecule is COC(c1nc(N)cs1)C1CCCCC1. The predicted octanol–water partition coefficient (Wildman–Crippen LogP) is 2.99. The van der Waals surface area contributed by atoms with Crippen molar-refractivity contribution in [1.29, 1.82) is 0 Å². The van der Waals surface area contributed by atoms with Crippen molar-refractivity contribution in [3.63, 3.8) is 0 Å². The third-order valence-electron chi connectivity index (χ3n) is 3.12. The van der Waals surface area contributed by atoms with Crippen LogP contribution in [0.1, 0.15) is 43.2 Å². The molecule has 0 radical (unpaired) electrons. The van der Waals surface area contributed by atoms with Gasteiger partial charge in [0.1, 0.15) is 16.9 Å². The number of rotatable bonds is 3. The third-order valence-corrected chi connectivity index (χ3v) is 4.04. The summed E-state index contributed by atoms with van der Waals surface area (Å²) in [6.45, 7) is 0. The summed E-state index contributed by atoms with van der Waals surface area (Å²) in [6.07, 6.45) is 6.70. The van der Waals surface area contributed by atoms with Crippen molar-refractivity contribution in [3.8, 4) is 0 Å². The molecule has 1 saturated carbocycles. The normalized spacial score (nSPS) is 20.3. The maximum absolute atomic E-state index is 5.64. The molecule has 2 N–H and O–H groups in total. The lowest BCUT2D eigenvalue weighted by Crippen LogP contribution is -2.17. The van der Waals surface area contributed by atoms with Gasteiger partial charge in [0.2, 0.25) is 0 Å². The minimum atomic E-state index is 0.160. The molecule has 1 unspecified atom stereocenters. The summed E-state index contributed by atoms with van der Waals surface area (Å²) in [7, 11) is 1.77. The first-order chi connectivity index (χ1) is 7.31. The second kappa shape index (κ2) is 4.94. The monoisotopic (exact) mass is 226 g/mol. The van der Waals surface area contributed by atoms with E-state index < -0.39 is 0 Å². The topological polar surface area (TPSA) is 48.1 Å². The summed E-state index contributed by atoms with van der Waals surface area (Å²) in [5.41, 5.74) is 5.64. The Morgan fingerprint density at radius 1 is 1.47 bits per heavy atom. The number of aromatic nitrogens is 1. The summed E-state index contributed by atoms with van der Waals surface area (Å²) in [5, 5.41) is 2.94. The molecular formula is C11H18N2OS. The average Bonchev–Trinajstić information content (AvgIpc) is 2.68. The van der Waals surface area contributed by atoms with Crippen molar-refractivity contribution in [2.75, 3.05) is 12.8 Å². The summed E-state index contributed by atoms with van der Waals surface area (Å²) in [6, 6.07) is 0. The van der Waals surface area contributed by atoms with Crippen LogP contribution in [0.5, 0.6) is 0 Å². The molecule has 0 spiro atoms. The Morgan fingerprint density at radius 3 is 2.73 bits per heavy atom. The Balaban J connectivity index is 2.08. The number of methoxy groups -OCH3 is 1. The third kappa shape index (κ3) is 2.49. The van der Waals surface area contributed by atoms with Gasteiger partial charge in [-0.1, -0.05) is 19.3 Å². The number of ether oxygens (including phenoxy) is 1. The summed E-state index contributed by atoms with van der Waals surface area (Å²) < 4.78 is 5.58. The van der Waals surface area contributed by atoms with E-state index in [2.05, 4.69) is 4.98 Å². The Hall–Kier alpha value is -0.610. The zero-order valence-corrected chi connectivity index (χ0v) is 9.93. The fraction of sp³-hybridized carbons (Fsp3) is 0.727. The number of hydrogen-bond donors (Lipinski definition) is 1. The van der Waals surface area contributed by atoms with E-state index >= 15 is 0 Å². The van der Waals surface area contributed by atoms with Crippen LogP contribution < -0.4 is 5.73 Å². The van der Waals surface area contributed by atoms with Crippen molar-refractivity contribution in [3.05, 3.63) is 10.4 Å². The van der Waals surface area contributed by atoms with Crippen LogP contribution in [-0.4, -0.2) is 12.1 Å². The van der Waals surface area contributed by atoms with Crippen LogP contribution in [-0.2, 0) is 4.74 Å². The molecule has 1 heterocycles. The number of nitrogens with two attached hydrogens (primary N) is 1. The quantitative estimate of drug-likeness (QED) is 0.862. The van der Waals surface area contributed by atoms with E-state index in [0.29, 0.717) is 11.7 Å². The standard InChI is InChI=1S/C11H18N2OS/c1-14-10(8-5-3-2-4-6-8)11-13-9(12)7-15-11/h7-8,10H,2-6,12H2,1H3. The van der Waals surface area contributed by atoms with E-state index in [0.717, 1.165) is 5.01 Å². The minimum Gasteiger partial charge on any atom is -0.383 e. The van der Waals surface area contributed by atoms with Gasteiger partial charge in [-0.3, -0.25) is 0 Å². The molecule has 0 bridgehead atoms. The van der Waals surface area contributed by atoms with Crippen LogP contribution in [0.4, 0.5) is 5.82 Å². The molecule has 0 aromatic carbocycles. The number of thiazole rings is 1.